The lowest BCUT2D eigenvalue weighted by atomic mass is 10.2. The Morgan fingerprint density at radius 1 is 0.750 bits per heavy atom. The molecule has 0 spiro atoms. The molecule has 0 aromatic heterocycles. The zero-order valence-corrected chi connectivity index (χ0v) is 8.95. The molecule has 2 aromatic rings. The molecular weight excluding hydrogens is 194 g/mol. The van der Waals surface area contributed by atoms with Gasteiger partial charge >= 0.3 is 0 Å². The third-order valence-electron chi connectivity index (χ3n) is 2.15. The lowest BCUT2D eigenvalue weighted by Gasteiger charge is -1.90. The maximum absolute atomic E-state index is 4.31. The largest absolute Gasteiger partial charge is 0.257 e. The predicted octanol–water partition coefficient (Wildman–Crippen LogP) is 4.10. The number of hydrogen-bond acceptors (Lipinski definition) is 1. The summed E-state index contributed by atoms with van der Waals surface area (Å²) in [4.78, 5) is 4.31. The first-order valence-electron chi connectivity index (χ1n) is 5.26. The quantitative estimate of drug-likeness (QED) is 0.672. The second-order valence-corrected chi connectivity index (χ2v) is 3.38. The van der Waals surface area contributed by atoms with Crippen LogP contribution >= 0.6 is 0 Å². The molecule has 78 valence electrons. The third-order valence-corrected chi connectivity index (χ3v) is 2.15. The van der Waals surface area contributed by atoms with Crippen LogP contribution in [-0.2, 0) is 0 Å². The van der Waals surface area contributed by atoms with E-state index >= 15 is 0 Å². The highest BCUT2D eigenvalue weighted by Crippen LogP contribution is 2.08. The van der Waals surface area contributed by atoms with E-state index in [0.29, 0.717) is 0 Å². The van der Waals surface area contributed by atoms with Gasteiger partial charge in [0.1, 0.15) is 0 Å². The van der Waals surface area contributed by atoms with E-state index in [1.54, 1.807) is 0 Å². The molecule has 1 nitrogen and oxygen atoms in total. The van der Waals surface area contributed by atoms with Crippen LogP contribution in [0.5, 0.6) is 0 Å². The van der Waals surface area contributed by atoms with Gasteiger partial charge in [-0.15, -0.1) is 0 Å². The van der Waals surface area contributed by atoms with Gasteiger partial charge in [-0.05, 0) is 23.8 Å². The minimum atomic E-state index is 0.972. The molecule has 0 unspecified atom stereocenters. The van der Waals surface area contributed by atoms with Crippen LogP contribution in [0.15, 0.2) is 71.7 Å². The highest BCUT2D eigenvalue weighted by Gasteiger charge is 1.82. The molecule has 0 N–H and O–H groups in total. The Morgan fingerprint density at radius 3 is 2.06 bits per heavy atom. The third kappa shape index (κ3) is 3.21. The Balaban J connectivity index is 1.98. The molecule has 0 radical (unpaired) electrons. The van der Waals surface area contributed by atoms with Gasteiger partial charge in [-0.1, -0.05) is 54.6 Å². The summed E-state index contributed by atoms with van der Waals surface area (Å²) in [5.41, 5.74) is 2.15. The van der Waals surface area contributed by atoms with Crippen molar-refractivity contribution >= 4 is 18.0 Å². The average Bonchev–Trinajstić information content (AvgIpc) is 2.37. The molecule has 2 aromatic carbocycles. The smallest absolute Gasteiger partial charge is 0.0629 e. The number of benzene rings is 2. The number of para-hydroxylation sites is 1. The first-order chi connectivity index (χ1) is 7.95. The Hall–Kier alpha value is -2.15. The maximum atomic E-state index is 4.31. The molecule has 0 fully saturated rings. The summed E-state index contributed by atoms with van der Waals surface area (Å²) in [6.45, 7) is 0. The van der Waals surface area contributed by atoms with Crippen molar-refractivity contribution < 1.29 is 0 Å². The average molecular weight is 207 g/mol. The maximum Gasteiger partial charge on any atom is 0.0629 e. The van der Waals surface area contributed by atoms with E-state index in [1.807, 2.05) is 66.9 Å². The Morgan fingerprint density at radius 2 is 1.38 bits per heavy atom. The summed E-state index contributed by atoms with van der Waals surface area (Å²) in [6, 6.07) is 20.1. The normalized spacial score (nSPS) is 11.2. The molecule has 2 rings (SSSR count). The minimum Gasteiger partial charge on any atom is -0.257 e. The van der Waals surface area contributed by atoms with Crippen LogP contribution in [0.1, 0.15) is 5.56 Å². The zero-order valence-electron chi connectivity index (χ0n) is 8.95. The van der Waals surface area contributed by atoms with Crippen LogP contribution in [-0.4, -0.2) is 6.21 Å². The zero-order chi connectivity index (χ0) is 11.1. The van der Waals surface area contributed by atoms with E-state index < -0.39 is 0 Å². The van der Waals surface area contributed by atoms with Crippen molar-refractivity contribution in [3.63, 3.8) is 0 Å². The van der Waals surface area contributed by atoms with Crippen molar-refractivity contribution in [3.05, 3.63) is 72.3 Å². The molecular formula is C15H13N. The standard InChI is InChI=1S/C15H13N/c1-3-8-14(9-4-1)10-7-13-16-15-11-5-2-6-12-15/h1-13H/b10-7+,16-13+. The van der Waals surface area contributed by atoms with Crippen LogP contribution in [0.3, 0.4) is 0 Å². The van der Waals surface area contributed by atoms with Crippen molar-refractivity contribution in [1.82, 2.24) is 0 Å². The Kier molecular flexibility index (Phi) is 3.67. The molecule has 16 heavy (non-hydrogen) atoms. The van der Waals surface area contributed by atoms with Gasteiger partial charge < -0.3 is 0 Å². The lowest BCUT2D eigenvalue weighted by Crippen LogP contribution is -1.69. The van der Waals surface area contributed by atoms with Crippen LogP contribution in [0.2, 0.25) is 0 Å². The fourth-order valence-electron chi connectivity index (χ4n) is 1.36. The Bertz CT molecular complexity index is 422. The van der Waals surface area contributed by atoms with Gasteiger partial charge in [-0.2, -0.15) is 0 Å². The van der Waals surface area contributed by atoms with Crippen LogP contribution in [0, 0.1) is 0 Å². The summed E-state index contributed by atoms with van der Waals surface area (Å²) in [5.74, 6) is 0. The van der Waals surface area contributed by atoms with Crippen LogP contribution in [0.4, 0.5) is 5.69 Å². The van der Waals surface area contributed by atoms with Gasteiger partial charge in [0.15, 0.2) is 0 Å². The summed E-state index contributed by atoms with van der Waals surface area (Å²) < 4.78 is 0. The summed E-state index contributed by atoms with van der Waals surface area (Å²) in [5, 5.41) is 0. The van der Waals surface area contributed by atoms with Crippen LogP contribution in [0.25, 0.3) is 6.08 Å². The molecule has 0 saturated carbocycles. The fraction of sp³-hybridized carbons (Fsp3) is 0. The first kappa shape index (κ1) is 10.4. The van der Waals surface area contributed by atoms with E-state index in [4.69, 9.17) is 0 Å². The number of allylic oxidation sites excluding steroid dienone is 1. The topological polar surface area (TPSA) is 12.4 Å². The molecule has 0 aliphatic rings. The fourth-order valence-corrected chi connectivity index (χ4v) is 1.36. The van der Waals surface area contributed by atoms with Gasteiger partial charge in [-0.3, -0.25) is 4.99 Å². The van der Waals surface area contributed by atoms with Gasteiger partial charge in [0.2, 0.25) is 0 Å². The minimum absolute atomic E-state index is 0.972. The van der Waals surface area contributed by atoms with Crippen molar-refractivity contribution in [3.8, 4) is 0 Å². The monoisotopic (exact) mass is 207 g/mol. The molecule has 0 amide bonds. The summed E-state index contributed by atoms with van der Waals surface area (Å²) in [6.07, 6.45) is 5.79. The molecule has 0 bridgehead atoms. The second kappa shape index (κ2) is 5.66. The molecule has 0 atom stereocenters. The second-order valence-electron chi connectivity index (χ2n) is 3.38. The summed E-state index contributed by atoms with van der Waals surface area (Å²) >= 11 is 0. The SMILES string of the molecule is C(=C\c1ccccc1)/C=N/c1ccccc1. The summed E-state index contributed by atoms with van der Waals surface area (Å²) in [7, 11) is 0. The lowest BCUT2D eigenvalue weighted by molar-refractivity contribution is 1.54. The van der Waals surface area contributed by atoms with Crippen molar-refractivity contribution in [2.24, 2.45) is 4.99 Å². The molecule has 0 aliphatic heterocycles. The van der Waals surface area contributed by atoms with Crippen molar-refractivity contribution in [1.29, 1.82) is 0 Å². The van der Waals surface area contributed by atoms with E-state index in [9.17, 15) is 0 Å². The van der Waals surface area contributed by atoms with E-state index in [2.05, 4.69) is 17.1 Å². The number of hydrogen-bond donors (Lipinski definition) is 0. The predicted molar refractivity (Wildman–Crippen MR) is 70.1 cm³/mol. The van der Waals surface area contributed by atoms with Crippen molar-refractivity contribution in [2.75, 3.05) is 0 Å². The van der Waals surface area contributed by atoms with E-state index in [1.165, 1.54) is 5.56 Å². The van der Waals surface area contributed by atoms with Gasteiger partial charge in [-0.25, -0.2) is 0 Å². The van der Waals surface area contributed by atoms with Gasteiger partial charge in [0, 0.05) is 6.21 Å². The molecule has 0 aliphatic carbocycles. The number of rotatable bonds is 3. The van der Waals surface area contributed by atoms with E-state index in [-0.39, 0.29) is 0 Å². The van der Waals surface area contributed by atoms with Crippen molar-refractivity contribution in [2.45, 2.75) is 0 Å². The van der Waals surface area contributed by atoms with E-state index in [0.717, 1.165) is 5.69 Å². The Labute approximate surface area is 95.8 Å². The molecule has 1 heteroatoms. The highest BCUT2D eigenvalue weighted by atomic mass is 14.7. The highest BCUT2D eigenvalue weighted by molar-refractivity contribution is 5.80. The molecule has 0 heterocycles. The number of aliphatic imine (C=N–C) groups is 1. The number of nitrogens with zero attached hydrogens (tertiary/aromatic N) is 1. The first-order valence-corrected chi connectivity index (χ1v) is 5.26. The molecule has 0 saturated heterocycles. The van der Waals surface area contributed by atoms with Gasteiger partial charge in [0.25, 0.3) is 0 Å². The van der Waals surface area contributed by atoms with Crippen LogP contribution < -0.4 is 0 Å². The van der Waals surface area contributed by atoms with Gasteiger partial charge in [0.05, 0.1) is 5.69 Å².